The van der Waals surface area contributed by atoms with Crippen molar-refractivity contribution in [2.45, 2.75) is 52.6 Å². The minimum atomic E-state index is 0.786. The Balaban J connectivity index is 1.71. The lowest BCUT2D eigenvalue weighted by Gasteiger charge is -2.26. The van der Waals surface area contributed by atoms with Gasteiger partial charge in [-0.05, 0) is 55.9 Å². The van der Waals surface area contributed by atoms with Gasteiger partial charge in [-0.3, -0.25) is 4.90 Å². The van der Waals surface area contributed by atoms with E-state index < -0.39 is 0 Å². The van der Waals surface area contributed by atoms with E-state index in [0.29, 0.717) is 0 Å². The van der Waals surface area contributed by atoms with E-state index in [9.17, 15) is 0 Å². The fraction of sp³-hybridized carbons (Fsp3) is 0.667. The lowest BCUT2D eigenvalue weighted by molar-refractivity contribution is 0.221. The van der Waals surface area contributed by atoms with Crippen molar-refractivity contribution in [1.29, 1.82) is 0 Å². The summed E-state index contributed by atoms with van der Waals surface area (Å²) < 4.78 is 0. The molecule has 1 aromatic carbocycles. The summed E-state index contributed by atoms with van der Waals surface area (Å²) in [5.74, 6) is 0.786. The molecule has 2 nitrogen and oxygen atoms in total. The van der Waals surface area contributed by atoms with E-state index in [1.54, 1.807) is 0 Å². The number of nitrogens with zero attached hydrogens (tertiary/aromatic N) is 1. The van der Waals surface area contributed by atoms with Crippen molar-refractivity contribution < 1.29 is 0 Å². The third-order valence-corrected chi connectivity index (χ3v) is 4.11. The molecule has 0 saturated carbocycles. The van der Waals surface area contributed by atoms with Crippen molar-refractivity contribution in [3.8, 4) is 0 Å². The zero-order valence-electron chi connectivity index (χ0n) is 13.2. The zero-order valence-corrected chi connectivity index (χ0v) is 13.2. The van der Waals surface area contributed by atoms with E-state index >= 15 is 0 Å². The molecule has 0 radical (unpaired) electrons. The van der Waals surface area contributed by atoms with Crippen LogP contribution in [-0.4, -0.2) is 24.5 Å². The van der Waals surface area contributed by atoms with E-state index in [-0.39, 0.29) is 0 Å². The highest BCUT2D eigenvalue weighted by Crippen LogP contribution is 2.13. The van der Waals surface area contributed by atoms with Crippen molar-refractivity contribution in [3.63, 3.8) is 0 Å². The summed E-state index contributed by atoms with van der Waals surface area (Å²) >= 11 is 0. The third-order valence-electron chi connectivity index (χ3n) is 4.11. The van der Waals surface area contributed by atoms with Gasteiger partial charge in [0.1, 0.15) is 0 Å². The third kappa shape index (κ3) is 5.64. The fourth-order valence-electron chi connectivity index (χ4n) is 2.76. The Morgan fingerprint density at radius 3 is 2.30 bits per heavy atom. The van der Waals surface area contributed by atoms with Gasteiger partial charge >= 0.3 is 0 Å². The molecule has 2 heteroatoms. The second kappa shape index (κ2) is 8.43. The van der Waals surface area contributed by atoms with Gasteiger partial charge in [-0.1, -0.05) is 44.5 Å². The maximum absolute atomic E-state index is 3.52. The molecule has 112 valence electrons. The predicted molar refractivity (Wildman–Crippen MR) is 86.7 cm³/mol. The first-order valence-electron chi connectivity index (χ1n) is 8.25. The van der Waals surface area contributed by atoms with Gasteiger partial charge < -0.3 is 5.32 Å². The maximum atomic E-state index is 3.52. The molecule has 1 aliphatic heterocycles. The molecule has 0 unspecified atom stereocenters. The van der Waals surface area contributed by atoms with Gasteiger partial charge in [-0.25, -0.2) is 0 Å². The summed E-state index contributed by atoms with van der Waals surface area (Å²) in [5, 5.41) is 3.52. The van der Waals surface area contributed by atoms with Crippen molar-refractivity contribution in [1.82, 2.24) is 10.2 Å². The van der Waals surface area contributed by atoms with Gasteiger partial charge in [0.2, 0.25) is 0 Å². The van der Waals surface area contributed by atoms with Crippen LogP contribution in [0.2, 0.25) is 0 Å². The second-order valence-electron chi connectivity index (χ2n) is 6.51. The van der Waals surface area contributed by atoms with Crippen LogP contribution >= 0.6 is 0 Å². The molecule has 1 fully saturated rings. The SMILES string of the molecule is CC(C)CCNCc1ccc(CN2CCCCC2)cc1. The zero-order chi connectivity index (χ0) is 14.2. The molecule has 1 aliphatic rings. The maximum Gasteiger partial charge on any atom is 0.0233 e. The molecule has 1 N–H and O–H groups in total. The van der Waals surface area contributed by atoms with Crippen LogP contribution in [-0.2, 0) is 13.1 Å². The number of hydrogen-bond acceptors (Lipinski definition) is 2. The minimum absolute atomic E-state index is 0.786. The van der Waals surface area contributed by atoms with E-state index in [0.717, 1.165) is 25.6 Å². The Morgan fingerprint density at radius 1 is 1.00 bits per heavy atom. The molecular formula is C18H30N2. The van der Waals surface area contributed by atoms with Gasteiger partial charge in [0.25, 0.3) is 0 Å². The lowest BCUT2D eigenvalue weighted by Crippen LogP contribution is -2.29. The number of hydrogen-bond donors (Lipinski definition) is 1. The highest BCUT2D eigenvalue weighted by atomic mass is 15.1. The van der Waals surface area contributed by atoms with E-state index in [1.807, 2.05) is 0 Å². The van der Waals surface area contributed by atoms with E-state index in [4.69, 9.17) is 0 Å². The molecule has 1 aromatic rings. The van der Waals surface area contributed by atoms with E-state index in [2.05, 4.69) is 48.3 Å². The molecule has 20 heavy (non-hydrogen) atoms. The quantitative estimate of drug-likeness (QED) is 0.761. The van der Waals surface area contributed by atoms with Crippen LogP contribution in [0.15, 0.2) is 24.3 Å². The Morgan fingerprint density at radius 2 is 1.65 bits per heavy atom. The topological polar surface area (TPSA) is 15.3 Å². The van der Waals surface area contributed by atoms with Crippen molar-refractivity contribution in [2.24, 2.45) is 5.92 Å². The first-order valence-corrected chi connectivity index (χ1v) is 8.25. The van der Waals surface area contributed by atoms with E-state index in [1.165, 1.54) is 49.9 Å². The first-order chi connectivity index (χ1) is 9.74. The molecule has 0 spiro atoms. The summed E-state index contributed by atoms with van der Waals surface area (Å²) in [6.45, 7) is 10.3. The highest BCUT2D eigenvalue weighted by molar-refractivity contribution is 5.22. The van der Waals surface area contributed by atoms with Crippen LogP contribution in [0.5, 0.6) is 0 Å². The van der Waals surface area contributed by atoms with Gasteiger partial charge in [0, 0.05) is 13.1 Å². The van der Waals surface area contributed by atoms with Crippen molar-refractivity contribution in [3.05, 3.63) is 35.4 Å². The molecule has 1 saturated heterocycles. The number of nitrogens with one attached hydrogen (secondary N) is 1. The molecule has 0 aliphatic carbocycles. The normalized spacial score (nSPS) is 16.8. The van der Waals surface area contributed by atoms with Crippen LogP contribution in [0, 0.1) is 5.92 Å². The second-order valence-corrected chi connectivity index (χ2v) is 6.51. The number of likely N-dealkylation sites (tertiary alicyclic amines) is 1. The largest absolute Gasteiger partial charge is 0.313 e. The van der Waals surface area contributed by atoms with Gasteiger partial charge in [0.05, 0.1) is 0 Å². The predicted octanol–water partition coefficient (Wildman–Crippen LogP) is 3.81. The molecular weight excluding hydrogens is 244 g/mol. The minimum Gasteiger partial charge on any atom is -0.313 e. The molecule has 0 atom stereocenters. The smallest absolute Gasteiger partial charge is 0.0233 e. The lowest BCUT2D eigenvalue weighted by atomic mass is 10.1. The monoisotopic (exact) mass is 274 g/mol. The van der Waals surface area contributed by atoms with Crippen molar-refractivity contribution in [2.75, 3.05) is 19.6 Å². The van der Waals surface area contributed by atoms with Crippen LogP contribution < -0.4 is 5.32 Å². The molecule has 0 bridgehead atoms. The number of benzene rings is 1. The average molecular weight is 274 g/mol. The first kappa shape index (κ1) is 15.5. The standard InChI is InChI=1S/C18H30N2/c1-16(2)10-11-19-14-17-6-8-18(9-7-17)15-20-12-4-3-5-13-20/h6-9,16,19H,3-5,10-15H2,1-2H3. The number of rotatable bonds is 7. The summed E-state index contributed by atoms with van der Waals surface area (Å²) in [4.78, 5) is 2.58. The summed E-state index contributed by atoms with van der Waals surface area (Å²) in [7, 11) is 0. The summed E-state index contributed by atoms with van der Waals surface area (Å²) in [5.41, 5.74) is 2.86. The summed E-state index contributed by atoms with van der Waals surface area (Å²) in [6.07, 6.45) is 5.42. The van der Waals surface area contributed by atoms with Crippen LogP contribution in [0.3, 0.4) is 0 Å². The molecule has 0 amide bonds. The molecule has 2 rings (SSSR count). The van der Waals surface area contributed by atoms with Crippen LogP contribution in [0.1, 0.15) is 50.7 Å². The van der Waals surface area contributed by atoms with Gasteiger partial charge in [0.15, 0.2) is 0 Å². The van der Waals surface area contributed by atoms with Gasteiger partial charge in [-0.2, -0.15) is 0 Å². The Labute approximate surface area is 124 Å². The Kier molecular flexibility index (Phi) is 6.55. The number of piperidine rings is 1. The molecule has 1 heterocycles. The van der Waals surface area contributed by atoms with Crippen LogP contribution in [0.25, 0.3) is 0 Å². The Bertz CT molecular complexity index is 364. The highest BCUT2D eigenvalue weighted by Gasteiger charge is 2.09. The summed E-state index contributed by atoms with van der Waals surface area (Å²) in [6, 6.07) is 9.16. The Hall–Kier alpha value is -0.860. The van der Waals surface area contributed by atoms with Crippen molar-refractivity contribution >= 4 is 0 Å². The average Bonchev–Trinajstić information content (AvgIpc) is 2.46. The van der Waals surface area contributed by atoms with Gasteiger partial charge in [-0.15, -0.1) is 0 Å². The van der Waals surface area contributed by atoms with Crippen LogP contribution in [0.4, 0.5) is 0 Å². The molecule has 0 aromatic heterocycles. The fourth-order valence-corrected chi connectivity index (χ4v) is 2.76.